The Morgan fingerprint density at radius 1 is 0.903 bits per heavy atom. The highest BCUT2D eigenvalue weighted by Crippen LogP contribution is 2.10. The summed E-state index contributed by atoms with van der Waals surface area (Å²) in [6.07, 6.45) is 0.849. The van der Waals surface area contributed by atoms with Crippen LogP contribution in [-0.4, -0.2) is 70.6 Å². The average Bonchev–Trinajstić information content (AvgIpc) is 3.20. The lowest BCUT2D eigenvalue weighted by molar-refractivity contribution is -0.143. The maximum absolute atomic E-state index is 12.9. The van der Waals surface area contributed by atoms with Gasteiger partial charge in [0.2, 0.25) is 17.7 Å². The minimum Gasteiger partial charge on any atom is -0.481 e. The van der Waals surface area contributed by atoms with Crippen molar-refractivity contribution in [2.45, 2.75) is 77.5 Å². The summed E-state index contributed by atoms with van der Waals surface area (Å²) in [5, 5.41) is 28.7. The molecule has 1 aliphatic rings. The first kappa shape index (κ1) is 26.3. The molecule has 0 spiro atoms. The second-order valence-corrected chi connectivity index (χ2v) is 8.44. The second-order valence-electron chi connectivity index (χ2n) is 8.44. The van der Waals surface area contributed by atoms with Gasteiger partial charge in [0.25, 0.3) is 0 Å². The average molecular weight is 443 g/mol. The zero-order chi connectivity index (χ0) is 23.7. The minimum absolute atomic E-state index is 0.247. The molecule has 4 atom stereocenters. The van der Waals surface area contributed by atoms with Gasteiger partial charge in [-0.2, -0.15) is 0 Å². The number of carboxylic acid groups (broad SMARTS) is 2. The summed E-state index contributed by atoms with van der Waals surface area (Å²) in [4.78, 5) is 60.0. The van der Waals surface area contributed by atoms with E-state index in [1.807, 2.05) is 0 Å². The van der Waals surface area contributed by atoms with Crippen molar-refractivity contribution in [3.8, 4) is 0 Å². The monoisotopic (exact) mass is 442 g/mol. The van der Waals surface area contributed by atoms with E-state index in [1.165, 1.54) is 0 Å². The van der Waals surface area contributed by atoms with Crippen LogP contribution in [0.5, 0.6) is 0 Å². The summed E-state index contributed by atoms with van der Waals surface area (Å²) in [5.41, 5.74) is 0. The van der Waals surface area contributed by atoms with E-state index >= 15 is 0 Å². The predicted octanol–water partition coefficient (Wildman–Crippen LogP) is -0.546. The van der Waals surface area contributed by atoms with E-state index in [0.29, 0.717) is 6.42 Å². The molecule has 0 aromatic heterocycles. The van der Waals surface area contributed by atoms with Crippen molar-refractivity contribution in [1.82, 2.24) is 21.3 Å². The lowest BCUT2D eigenvalue weighted by atomic mass is 9.98. The van der Waals surface area contributed by atoms with Crippen LogP contribution in [0.4, 0.5) is 0 Å². The number of hydrogen-bond acceptors (Lipinski definition) is 6. The zero-order valence-electron chi connectivity index (χ0n) is 18.4. The Bertz CT molecular complexity index is 674. The van der Waals surface area contributed by atoms with E-state index < -0.39 is 48.3 Å². The van der Waals surface area contributed by atoms with Gasteiger partial charge in [0.1, 0.15) is 18.1 Å². The van der Waals surface area contributed by atoms with Crippen molar-refractivity contribution in [2.24, 2.45) is 11.8 Å². The minimum atomic E-state index is -1.39. The molecule has 6 N–H and O–H groups in total. The van der Waals surface area contributed by atoms with Gasteiger partial charge in [0.05, 0.1) is 6.04 Å². The van der Waals surface area contributed by atoms with Crippen molar-refractivity contribution in [1.29, 1.82) is 0 Å². The molecule has 0 aliphatic carbocycles. The fraction of sp³-hybridized carbons (Fsp3) is 0.750. The first-order valence-corrected chi connectivity index (χ1v) is 10.5. The van der Waals surface area contributed by atoms with Crippen LogP contribution < -0.4 is 21.3 Å². The van der Waals surface area contributed by atoms with Gasteiger partial charge in [-0.05, 0) is 37.6 Å². The lowest BCUT2D eigenvalue weighted by Crippen LogP contribution is -2.59. The molecule has 1 aliphatic heterocycles. The summed E-state index contributed by atoms with van der Waals surface area (Å²) in [6.45, 7) is 7.64. The normalized spacial score (nSPS) is 18.8. The Kier molecular flexibility index (Phi) is 10.4. The molecule has 1 fully saturated rings. The molecule has 0 saturated carbocycles. The number of aliphatic carboxylic acids is 2. The molecule has 4 unspecified atom stereocenters. The molecule has 3 amide bonds. The molecule has 11 nitrogen and oxygen atoms in total. The highest BCUT2D eigenvalue weighted by molar-refractivity contribution is 5.94. The second kappa shape index (κ2) is 12.2. The number of hydrogen-bond donors (Lipinski definition) is 6. The number of carbonyl (C=O) groups is 5. The lowest BCUT2D eigenvalue weighted by Gasteiger charge is -2.28. The molecular weight excluding hydrogens is 408 g/mol. The highest BCUT2D eigenvalue weighted by Gasteiger charge is 2.33. The zero-order valence-corrected chi connectivity index (χ0v) is 18.4. The van der Waals surface area contributed by atoms with Crippen LogP contribution in [0.2, 0.25) is 0 Å². The third-order valence-corrected chi connectivity index (χ3v) is 5.13. The van der Waals surface area contributed by atoms with E-state index in [2.05, 4.69) is 21.3 Å². The first-order valence-electron chi connectivity index (χ1n) is 10.5. The first-order chi connectivity index (χ1) is 14.4. The van der Waals surface area contributed by atoms with Crippen molar-refractivity contribution in [3.63, 3.8) is 0 Å². The van der Waals surface area contributed by atoms with Crippen LogP contribution in [-0.2, 0) is 24.0 Å². The van der Waals surface area contributed by atoms with E-state index in [-0.39, 0.29) is 30.2 Å². The van der Waals surface area contributed by atoms with Crippen molar-refractivity contribution in [3.05, 3.63) is 0 Å². The van der Waals surface area contributed by atoms with Gasteiger partial charge >= 0.3 is 11.9 Å². The van der Waals surface area contributed by atoms with Crippen LogP contribution in [0.3, 0.4) is 0 Å². The predicted molar refractivity (Wildman–Crippen MR) is 111 cm³/mol. The van der Waals surface area contributed by atoms with E-state index in [9.17, 15) is 29.1 Å². The van der Waals surface area contributed by atoms with Gasteiger partial charge < -0.3 is 31.5 Å². The SMILES string of the molecule is CC(C)C(NC(=O)C1CCCN1)C(=O)NC(C(=O)NC(CCC(=O)O)C(=O)O)C(C)C. The molecule has 0 bridgehead atoms. The number of carbonyl (C=O) groups excluding carboxylic acids is 3. The summed E-state index contributed by atoms with van der Waals surface area (Å²) in [6, 6.07) is -3.67. The molecule has 0 aromatic carbocycles. The summed E-state index contributed by atoms with van der Waals surface area (Å²) < 4.78 is 0. The largest absolute Gasteiger partial charge is 0.481 e. The van der Waals surface area contributed by atoms with Gasteiger partial charge in [0, 0.05) is 6.42 Å². The van der Waals surface area contributed by atoms with Crippen LogP contribution in [0, 0.1) is 11.8 Å². The topological polar surface area (TPSA) is 174 Å². The van der Waals surface area contributed by atoms with Crippen LogP contribution in [0.15, 0.2) is 0 Å². The van der Waals surface area contributed by atoms with Crippen LogP contribution in [0.25, 0.3) is 0 Å². The Morgan fingerprint density at radius 2 is 1.45 bits per heavy atom. The van der Waals surface area contributed by atoms with Gasteiger partial charge in [-0.15, -0.1) is 0 Å². The van der Waals surface area contributed by atoms with Gasteiger partial charge in [0.15, 0.2) is 0 Å². The molecule has 176 valence electrons. The molecule has 1 heterocycles. The van der Waals surface area contributed by atoms with Crippen molar-refractivity contribution < 1.29 is 34.2 Å². The van der Waals surface area contributed by atoms with Crippen molar-refractivity contribution >= 4 is 29.7 Å². The van der Waals surface area contributed by atoms with E-state index in [0.717, 1.165) is 13.0 Å². The molecule has 0 aromatic rings. The maximum atomic E-state index is 12.9. The number of carboxylic acids is 2. The third kappa shape index (κ3) is 8.52. The Morgan fingerprint density at radius 3 is 1.90 bits per heavy atom. The van der Waals surface area contributed by atoms with Crippen molar-refractivity contribution in [2.75, 3.05) is 6.54 Å². The summed E-state index contributed by atoms with van der Waals surface area (Å²) in [7, 11) is 0. The highest BCUT2D eigenvalue weighted by atomic mass is 16.4. The van der Waals surface area contributed by atoms with Crippen LogP contribution in [0.1, 0.15) is 53.4 Å². The maximum Gasteiger partial charge on any atom is 0.326 e. The quantitative estimate of drug-likeness (QED) is 0.233. The number of nitrogens with one attached hydrogen (secondary N) is 4. The Hall–Kier alpha value is -2.69. The molecule has 11 heteroatoms. The fourth-order valence-electron chi connectivity index (χ4n) is 3.26. The standard InChI is InChI=1S/C20H34N4O7/c1-10(2)15(18(28)22-13(20(30)31)7-8-14(25)26)24-19(29)16(11(3)4)23-17(27)12-6-5-9-21-12/h10-13,15-16,21H,5-9H2,1-4H3,(H,22,28)(H,23,27)(H,24,29)(H,25,26)(H,30,31). The summed E-state index contributed by atoms with van der Waals surface area (Å²) >= 11 is 0. The molecular formula is C20H34N4O7. The molecule has 1 saturated heterocycles. The van der Waals surface area contributed by atoms with E-state index in [4.69, 9.17) is 5.11 Å². The third-order valence-electron chi connectivity index (χ3n) is 5.13. The number of rotatable bonds is 12. The van der Waals surface area contributed by atoms with E-state index in [1.54, 1.807) is 27.7 Å². The van der Waals surface area contributed by atoms with Gasteiger partial charge in [-0.1, -0.05) is 27.7 Å². The van der Waals surface area contributed by atoms with Crippen LogP contribution >= 0.6 is 0 Å². The smallest absolute Gasteiger partial charge is 0.326 e. The Balaban J connectivity index is 2.83. The van der Waals surface area contributed by atoms with Gasteiger partial charge in [-0.3, -0.25) is 19.2 Å². The Labute approximate surface area is 181 Å². The molecule has 0 radical (unpaired) electrons. The fourth-order valence-corrected chi connectivity index (χ4v) is 3.26. The summed E-state index contributed by atoms with van der Waals surface area (Å²) in [5.74, 6) is -4.72. The van der Waals surface area contributed by atoms with Gasteiger partial charge in [-0.25, -0.2) is 4.79 Å². The molecule has 31 heavy (non-hydrogen) atoms. The number of amides is 3. The molecule has 1 rings (SSSR count).